The number of benzene rings is 1. The fourth-order valence-corrected chi connectivity index (χ4v) is 4.17. The van der Waals surface area contributed by atoms with Gasteiger partial charge in [0.15, 0.2) is 0 Å². The molecule has 1 aromatic carbocycles. The molecule has 5 nitrogen and oxygen atoms in total. The van der Waals surface area contributed by atoms with Crippen LogP contribution in [0.1, 0.15) is 29.8 Å². The summed E-state index contributed by atoms with van der Waals surface area (Å²) in [7, 11) is -3.10. The number of hydrogen-bond donors (Lipinski definition) is 0. The van der Waals surface area contributed by atoms with E-state index in [1.54, 1.807) is 16.7 Å². The van der Waals surface area contributed by atoms with E-state index in [1.807, 2.05) is 18.2 Å². The zero-order valence-corrected chi connectivity index (χ0v) is 14.7. The summed E-state index contributed by atoms with van der Waals surface area (Å²) < 4.78 is 25.1. The number of piperidine rings is 1. The molecule has 2 aromatic rings. The largest absolute Gasteiger partial charge is 0.261 e. The van der Waals surface area contributed by atoms with Gasteiger partial charge in [0.05, 0.1) is 17.6 Å². The minimum atomic E-state index is -3.10. The number of aromatic nitrogens is 2. The summed E-state index contributed by atoms with van der Waals surface area (Å²) in [6.45, 7) is 1.22. The topological polar surface area (TPSA) is 63.2 Å². The molecule has 0 bridgehead atoms. The quantitative estimate of drug-likeness (QED) is 0.834. The number of sulfonamides is 1. The van der Waals surface area contributed by atoms with Crippen LogP contribution >= 0.6 is 0 Å². The van der Waals surface area contributed by atoms with Crippen LogP contribution in [0.4, 0.5) is 0 Å². The van der Waals surface area contributed by atoms with Crippen molar-refractivity contribution in [3.05, 3.63) is 59.7 Å². The standard InChI is InChI=1S/C18H23N3O2S/c1-24(22,23)21-9-5-8-16(14-21)11-18-13-19-12-17(20-18)10-15-6-3-2-4-7-15/h2-4,6-7,12-13,16H,5,8-11,14H2,1H3. The average molecular weight is 345 g/mol. The summed E-state index contributed by atoms with van der Waals surface area (Å²) in [6.07, 6.45) is 8.39. The predicted molar refractivity (Wildman–Crippen MR) is 94.1 cm³/mol. The van der Waals surface area contributed by atoms with E-state index in [1.165, 1.54) is 11.8 Å². The Morgan fingerprint density at radius 3 is 2.67 bits per heavy atom. The van der Waals surface area contributed by atoms with E-state index >= 15 is 0 Å². The van der Waals surface area contributed by atoms with Gasteiger partial charge < -0.3 is 0 Å². The Balaban J connectivity index is 1.66. The molecule has 128 valence electrons. The van der Waals surface area contributed by atoms with Gasteiger partial charge in [0, 0.05) is 31.9 Å². The van der Waals surface area contributed by atoms with Crippen molar-refractivity contribution in [2.75, 3.05) is 19.3 Å². The fourth-order valence-electron chi connectivity index (χ4n) is 3.23. The van der Waals surface area contributed by atoms with Crippen LogP contribution in [0.3, 0.4) is 0 Å². The van der Waals surface area contributed by atoms with Crippen molar-refractivity contribution in [1.82, 2.24) is 14.3 Å². The third-order valence-electron chi connectivity index (χ3n) is 4.41. The highest BCUT2D eigenvalue weighted by molar-refractivity contribution is 7.88. The molecule has 6 heteroatoms. The SMILES string of the molecule is CS(=O)(=O)N1CCCC(Cc2cncc(Cc3ccccc3)n2)C1. The van der Waals surface area contributed by atoms with Crippen LogP contribution in [-0.2, 0) is 22.9 Å². The Bertz CT molecular complexity index is 778. The van der Waals surface area contributed by atoms with Crippen molar-refractivity contribution in [3.8, 4) is 0 Å². The molecule has 0 amide bonds. The smallest absolute Gasteiger partial charge is 0.211 e. The molecule has 0 radical (unpaired) electrons. The second kappa shape index (κ2) is 7.40. The first-order valence-corrected chi connectivity index (χ1v) is 10.1. The van der Waals surface area contributed by atoms with Crippen molar-refractivity contribution in [2.24, 2.45) is 5.92 Å². The van der Waals surface area contributed by atoms with E-state index in [0.29, 0.717) is 19.0 Å². The highest BCUT2D eigenvalue weighted by atomic mass is 32.2. The van der Waals surface area contributed by atoms with Gasteiger partial charge in [-0.25, -0.2) is 12.7 Å². The van der Waals surface area contributed by atoms with E-state index < -0.39 is 10.0 Å². The monoisotopic (exact) mass is 345 g/mol. The van der Waals surface area contributed by atoms with Crippen LogP contribution in [-0.4, -0.2) is 42.0 Å². The Morgan fingerprint density at radius 1 is 1.17 bits per heavy atom. The third kappa shape index (κ3) is 4.61. The summed E-state index contributed by atoms with van der Waals surface area (Å²) in [6, 6.07) is 10.2. The van der Waals surface area contributed by atoms with Crippen LogP contribution in [0, 0.1) is 5.92 Å². The van der Waals surface area contributed by atoms with Gasteiger partial charge in [0.25, 0.3) is 0 Å². The Morgan fingerprint density at radius 2 is 1.92 bits per heavy atom. The first kappa shape index (κ1) is 17.0. The van der Waals surface area contributed by atoms with Crippen LogP contribution < -0.4 is 0 Å². The maximum Gasteiger partial charge on any atom is 0.211 e. The van der Waals surface area contributed by atoms with E-state index in [9.17, 15) is 8.42 Å². The van der Waals surface area contributed by atoms with Gasteiger partial charge in [-0.1, -0.05) is 30.3 Å². The molecule has 0 N–H and O–H groups in total. The van der Waals surface area contributed by atoms with Crippen LogP contribution in [0.15, 0.2) is 42.7 Å². The van der Waals surface area contributed by atoms with E-state index in [2.05, 4.69) is 17.1 Å². The zero-order chi connectivity index (χ0) is 17.0. The lowest BCUT2D eigenvalue weighted by molar-refractivity contribution is 0.265. The van der Waals surface area contributed by atoms with Crippen molar-refractivity contribution >= 4 is 10.0 Å². The Hall–Kier alpha value is -1.79. The normalized spacial score (nSPS) is 19.3. The molecule has 0 aliphatic carbocycles. The molecule has 0 saturated carbocycles. The highest BCUT2D eigenvalue weighted by Gasteiger charge is 2.26. The van der Waals surface area contributed by atoms with Crippen molar-refractivity contribution in [3.63, 3.8) is 0 Å². The van der Waals surface area contributed by atoms with Crippen LogP contribution in [0.25, 0.3) is 0 Å². The molecule has 2 heterocycles. The lowest BCUT2D eigenvalue weighted by Crippen LogP contribution is -2.39. The molecule has 1 saturated heterocycles. The first-order chi connectivity index (χ1) is 11.5. The van der Waals surface area contributed by atoms with Gasteiger partial charge in [-0.2, -0.15) is 0 Å². The number of rotatable bonds is 5. The van der Waals surface area contributed by atoms with Gasteiger partial charge >= 0.3 is 0 Å². The molecule has 1 aliphatic rings. The lowest BCUT2D eigenvalue weighted by Gasteiger charge is -2.30. The molecular weight excluding hydrogens is 322 g/mol. The summed E-state index contributed by atoms with van der Waals surface area (Å²) in [4.78, 5) is 9.04. The van der Waals surface area contributed by atoms with Crippen LogP contribution in [0.2, 0.25) is 0 Å². The molecule has 1 fully saturated rings. The average Bonchev–Trinajstić information content (AvgIpc) is 2.56. The highest BCUT2D eigenvalue weighted by Crippen LogP contribution is 2.22. The molecule has 24 heavy (non-hydrogen) atoms. The van der Waals surface area contributed by atoms with Gasteiger partial charge in [-0.15, -0.1) is 0 Å². The fraction of sp³-hybridized carbons (Fsp3) is 0.444. The van der Waals surface area contributed by atoms with Crippen molar-refractivity contribution in [1.29, 1.82) is 0 Å². The van der Waals surface area contributed by atoms with Gasteiger partial charge in [0.1, 0.15) is 0 Å². The van der Waals surface area contributed by atoms with Crippen LogP contribution in [0.5, 0.6) is 0 Å². The number of hydrogen-bond acceptors (Lipinski definition) is 4. The first-order valence-electron chi connectivity index (χ1n) is 8.29. The Kier molecular flexibility index (Phi) is 5.26. The maximum atomic E-state index is 11.7. The van der Waals surface area contributed by atoms with E-state index in [4.69, 9.17) is 4.98 Å². The zero-order valence-electron chi connectivity index (χ0n) is 13.9. The molecule has 1 unspecified atom stereocenters. The van der Waals surface area contributed by atoms with Gasteiger partial charge in [-0.05, 0) is 30.7 Å². The van der Waals surface area contributed by atoms with Crippen molar-refractivity contribution < 1.29 is 8.42 Å². The van der Waals surface area contributed by atoms with Crippen molar-refractivity contribution in [2.45, 2.75) is 25.7 Å². The summed E-state index contributed by atoms with van der Waals surface area (Å²) in [5.41, 5.74) is 3.11. The second-order valence-corrected chi connectivity index (χ2v) is 8.48. The molecule has 1 atom stereocenters. The molecule has 1 aromatic heterocycles. The summed E-state index contributed by atoms with van der Waals surface area (Å²) >= 11 is 0. The lowest BCUT2D eigenvalue weighted by atomic mass is 9.95. The molecule has 1 aliphatic heterocycles. The van der Waals surface area contributed by atoms with Gasteiger partial charge in [0.2, 0.25) is 10.0 Å². The maximum absolute atomic E-state index is 11.7. The summed E-state index contributed by atoms with van der Waals surface area (Å²) in [5.74, 6) is 0.315. The predicted octanol–water partition coefficient (Wildman–Crippen LogP) is 2.28. The molecule has 3 rings (SSSR count). The van der Waals surface area contributed by atoms with E-state index in [-0.39, 0.29) is 0 Å². The van der Waals surface area contributed by atoms with Gasteiger partial charge in [-0.3, -0.25) is 9.97 Å². The molecular formula is C18H23N3O2S. The Labute approximate surface area is 143 Å². The minimum Gasteiger partial charge on any atom is -0.261 e. The van der Waals surface area contributed by atoms with E-state index in [0.717, 1.165) is 37.1 Å². The number of nitrogens with zero attached hydrogens (tertiary/aromatic N) is 3. The minimum absolute atomic E-state index is 0.315. The third-order valence-corrected chi connectivity index (χ3v) is 5.68. The summed E-state index contributed by atoms with van der Waals surface area (Å²) in [5, 5.41) is 0. The molecule has 0 spiro atoms. The second-order valence-electron chi connectivity index (χ2n) is 6.50.